The maximum Gasteiger partial charge on any atom is 0.306 e. The summed E-state index contributed by atoms with van der Waals surface area (Å²) in [6.07, 6.45) is 40.2. The molecule has 1 atom stereocenters. The molecule has 0 aliphatic rings. The summed E-state index contributed by atoms with van der Waals surface area (Å²) in [5, 5.41) is 9.49. The molecule has 1 N–H and O–H groups in total. The van der Waals surface area contributed by atoms with Gasteiger partial charge in [-0.25, -0.2) is 0 Å². The molecular formula is C37H64O5. The van der Waals surface area contributed by atoms with Crippen molar-refractivity contribution in [2.24, 2.45) is 0 Å². The molecule has 0 aromatic carbocycles. The van der Waals surface area contributed by atoms with Crippen molar-refractivity contribution in [2.75, 3.05) is 13.2 Å². The van der Waals surface area contributed by atoms with Crippen molar-refractivity contribution in [2.45, 2.75) is 161 Å². The van der Waals surface area contributed by atoms with E-state index >= 15 is 0 Å². The highest BCUT2D eigenvalue weighted by molar-refractivity contribution is 5.70. The molecular weight excluding hydrogens is 524 g/mol. The molecule has 0 aromatic heterocycles. The van der Waals surface area contributed by atoms with E-state index in [1.807, 2.05) is 0 Å². The van der Waals surface area contributed by atoms with E-state index in [1.54, 1.807) is 0 Å². The summed E-state index contributed by atoms with van der Waals surface area (Å²) in [7, 11) is 0. The summed E-state index contributed by atoms with van der Waals surface area (Å²) in [6, 6.07) is 0. The molecule has 0 amide bonds. The molecule has 0 bridgehead atoms. The first-order valence-electron chi connectivity index (χ1n) is 17.2. The first-order chi connectivity index (χ1) is 20.6. The van der Waals surface area contributed by atoms with Gasteiger partial charge in [-0.1, -0.05) is 140 Å². The second-order valence-electron chi connectivity index (χ2n) is 11.2. The van der Waals surface area contributed by atoms with Crippen molar-refractivity contribution in [1.29, 1.82) is 0 Å². The minimum atomic E-state index is -0.789. The van der Waals surface area contributed by atoms with Gasteiger partial charge in [-0.05, 0) is 51.4 Å². The molecule has 5 heteroatoms. The lowest BCUT2D eigenvalue weighted by molar-refractivity contribution is -0.161. The van der Waals surface area contributed by atoms with Crippen LogP contribution in [-0.4, -0.2) is 36.4 Å². The molecule has 0 spiro atoms. The van der Waals surface area contributed by atoms with Crippen molar-refractivity contribution in [3.63, 3.8) is 0 Å². The third-order valence-corrected chi connectivity index (χ3v) is 7.13. The van der Waals surface area contributed by atoms with E-state index in [-0.39, 0.29) is 25.2 Å². The Morgan fingerprint density at radius 2 is 0.976 bits per heavy atom. The van der Waals surface area contributed by atoms with Crippen LogP contribution in [0.15, 0.2) is 48.6 Å². The van der Waals surface area contributed by atoms with Crippen LogP contribution in [0.4, 0.5) is 0 Å². The molecule has 0 aliphatic carbocycles. The molecule has 0 rings (SSSR count). The summed E-state index contributed by atoms with van der Waals surface area (Å²) >= 11 is 0. The highest BCUT2D eigenvalue weighted by Gasteiger charge is 2.15. The van der Waals surface area contributed by atoms with Crippen molar-refractivity contribution in [1.82, 2.24) is 0 Å². The summed E-state index contributed by atoms with van der Waals surface area (Å²) < 4.78 is 10.5. The Morgan fingerprint density at radius 3 is 1.50 bits per heavy atom. The lowest BCUT2D eigenvalue weighted by Gasteiger charge is -2.15. The van der Waals surface area contributed by atoms with Gasteiger partial charge < -0.3 is 14.6 Å². The Bertz CT molecular complexity index is 722. The minimum Gasteiger partial charge on any atom is -0.462 e. The number of esters is 2. The predicted molar refractivity (Wildman–Crippen MR) is 177 cm³/mol. The van der Waals surface area contributed by atoms with Crippen LogP contribution in [0.1, 0.15) is 155 Å². The van der Waals surface area contributed by atoms with E-state index < -0.39 is 6.10 Å². The molecule has 5 nitrogen and oxygen atoms in total. The topological polar surface area (TPSA) is 72.8 Å². The third kappa shape index (κ3) is 30.8. The van der Waals surface area contributed by atoms with Gasteiger partial charge in [0.05, 0.1) is 6.61 Å². The number of allylic oxidation sites excluding steroid dienone is 8. The fraction of sp³-hybridized carbons (Fsp3) is 0.730. The lowest BCUT2D eigenvalue weighted by Crippen LogP contribution is -2.28. The van der Waals surface area contributed by atoms with Crippen molar-refractivity contribution < 1.29 is 24.2 Å². The van der Waals surface area contributed by atoms with Crippen LogP contribution in [0.5, 0.6) is 0 Å². The fourth-order valence-corrected chi connectivity index (χ4v) is 4.49. The number of hydrogen-bond acceptors (Lipinski definition) is 5. The fourth-order valence-electron chi connectivity index (χ4n) is 4.49. The zero-order chi connectivity index (χ0) is 30.8. The van der Waals surface area contributed by atoms with Crippen molar-refractivity contribution in [3.8, 4) is 0 Å². The molecule has 0 radical (unpaired) electrons. The smallest absolute Gasteiger partial charge is 0.306 e. The van der Waals surface area contributed by atoms with Crippen LogP contribution in [0.2, 0.25) is 0 Å². The van der Waals surface area contributed by atoms with Gasteiger partial charge in [0.25, 0.3) is 0 Å². The van der Waals surface area contributed by atoms with Gasteiger partial charge >= 0.3 is 11.9 Å². The van der Waals surface area contributed by atoms with E-state index in [4.69, 9.17) is 9.47 Å². The SMILES string of the molecule is CCCCC/C=C/C/C=C/C/C=C/C/C=C/CCCC(=O)OC[C@H](CO)OC(=O)CCCCCCCCCCCCC. The molecule has 42 heavy (non-hydrogen) atoms. The zero-order valence-electron chi connectivity index (χ0n) is 27.2. The van der Waals surface area contributed by atoms with Gasteiger partial charge in [0, 0.05) is 12.8 Å². The maximum atomic E-state index is 12.1. The van der Waals surface area contributed by atoms with Crippen molar-refractivity contribution in [3.05, 3.63) is 48.6 Å². The summed E-state index contributed by atoms with van der Waals surface area (Å²) in [5.74, 6) is -0.660. The number of unbranched alkanes of at least 4 members (excludes halogenated alkanes) is 14. The number of ether oxygens (including phenoxy) is 2. The average Bonchev–Trinajstić information content (AvgIpc) is 2.99. The van der Waals surface area contributed by atoms with Gasteiger partial charge in [-0.3, -0.25) is 9.59 Å². The first-order valence-corrected chi connectivity index (χ1v) is 17.2. The van der Waals surface area contributed by atoms with Gasteiger partial charge in [-0.15, -0.1) is 0 Å². The Hall–Kier alpha value is -2.14. The number of aliphatic hydroxyl groups excluding tert-OH is 1. The van der Waals surface area contributed by atoms with Gasteiger partial charge in [0.2, 0.25) is 0 Å². The standard InChI is InChI=1S/C37H64O5/c1-3-5-7-9-11-13-15-16-17-18-19-20-22-23-25-27-29-31-36(39)41-34-35(33-38)42-37(40)32-30-28-26-24-21-14-12-10-8-6-4-2/h11,13,16-17,19-20,23,25,35,38H,3-10,12,14-15,18,21-22,24,26-34H2,1-2H3/b13-11+,17-16+,20-19+,25-23+/t35-/m0/s1. The van der Waals surface area contributed by atoms with Crippen LogP contribution < -0.4 is 0 Å². The molecule has 0 unspecified atom stereocenters. The minimum absolute atomic E-state index is 0.0936. The van der Waals surface area contributed by atoms with E-state index in [9.17, 15) is 14.7 Å². The van der Waals surface area contributed by atoms with Crippen LogP contribution in [0.25, 0.3) is 0 Å². The molecule has 0 aromatic rings. The van der Waals surface area contributed by atoms with Crippen molar-refractivity contribution >= 4 is 11.9 Å². The Balaban J connectivity index is 3.70. The van der Waals surface area contributed by atoms with Gasteiger partial charge in [0.15, 0.2) is 6.10 Å². The summed E-state index contributed by atoms with van der Waals surface area (Å²) in [4.78, 5) is 24.1. The second kappa shape index (κ2) is 33.4. The molecule has 0 heterocycles. The molecule has 0 fully saturated rings. The Labute approximate surface area is 258 Å². The van der Waals surface area contributed by atoms with Crippen LogP contribution >= 0.6 is 0 Å². The largest absolute Gasteiger partial charge is 0.462 e. The normalized spacial score (nSPS) is 12.7. The lowest BCUT2D eigenvalue weighted by atomic mass is 10.1. The zero-order valence-corrected chi connectivity index (χ0v) is 27.2. The summed E-state index contributed by atoms with van der Waals surface area (Å²) in [6.45, 7) is 4.03. The monoisotopic (exact) mass is 588 g/mol. The van der Waals surface area contributed by atoms with Crippen LogP contribution in [-0.2, 0) is 19.1 Å². The van der Waals surface area contributed by atoms with Gasteiger partial charge in [-0.2, -0.15) is 0 Å². The highest BCUT2D eigenvalue weighted by atomic mass is 16.6. The summed E-state index contributed by atoms with van der Waals surface area (Å²) in [5.41, 5.74) is 0. The number of hydrogen-bond donors (Lipinski definition) is 1. The molecule has 0 saturated heterocycles. The molecule has 0 aliphatic heterocycles. The van der Waals surface area contributed by atoms with Crippen LogP contribution in [0.3, 0.4) is 0 Å². The number of carbonyl (C=O) groups excluding carboxylic acids is 2. The number of rotatable bonds is 30. The number of carbonyl (C=O) groups is 2. The average molecular weight is 589 g/mol. The second-order valence-corrected chi connectivity index (χ2v) is 11.2. The van der Waals surface area contributed by atoms with E-state index in [0.717, 1.165) is 44.9 Å². The van der Waals surface area contributed by atoms with E-state index in [0.29, 0.717) is 19.3 Å². The third-order valence-electron chi connectivity index (χ3n) is 7.13. The van der Waals surface area contributed by atoms with E-state index in [2.05, 4.69) is 62.5 Å². The molecule has 242 valence electrons. The van der Waals surface area contributed by atoms with Gasteiger partial charge in [0.1, 0.15) is 6.61 Å². The Morgan fingerprint density at radius 1 is 0.548 bits per heavy atom. The van der Waals surface area contributed by atoms with E-state index in [1.165, 1.54) is 77.0 Å². The number of aliphatic hydroxyl groups is 1. The first kappa shape index (κ1) is 39.9. The molecule has 0 saturated carbocycles. The quantitative estimate of drug-likeness (QED) is 0.0513. The highest BCUT2D eigenvalue weighted by Crippen LogP contribution is 2.12. The van der Waals surface area contributed by atoms with Crippen LogP contribution in [0, 0.1) is 0 Å². The maximum absolute atomic E-state index is 12.1. The predicted octanol–water partition coefficient (Wildman–Crippen LogP) is 10.3. The Kier molecular flexibility index (Phi) is 31.7.